The number of rotatable bonds is 6. The van der Waals surface area contributed by atoms with E-state index >= 15 is 0 Å². The van der Waals surface area contributed by atoms with Gasteiger partial charge in [0.15, 0.2) is 0 Å². The highest BCUT2D eigenvalue weighted by Crippen LogP contribution is 2.38. The number of fused-ring (bicyclic) bond motifs is 1. The predicted molar refractivity (Wildman–Crippen MR) is 124 cm³/mol. The SMILES string of the molecule is CC(C)c1ccc(NC(=O)CSc2ccc(N3C(=O)[C@@H]4CC=CC[C@H]4C3=O)cc2)cc1. The Morgan fingerprint density at radius 3 is 2.10 bits per heavy atom. The lowest BCUT2D eigenvalue weighted by Gasteiger charge is -2.15. The Balaban J connectivity index is 1.33. The fourth-order valence-electron chi connectivity index (χ4n) is 4.04. The minimum atomic E-state index is -0.232. The van der Waals surface area contributed by atoms with Crippen molar-refractivity contribution in [1.29, 1.82) is 0 Å². The number of allylic oxidation sites excluding steroid dienone is 2. The second-order valence-corrected chi connectivity index (χ2v) is 9.32. The van der Waals surface area contributed by atoms with Gasteiger partial charge < -0.3 is 5.32 Å². The third-order valence-corrected chi connectivity index (χ3v) is 6.85. The average Bonchev–Trinajstić information content (AvgIpc) is 3.03. The van der Waals surface area contributed by atoms with E-state index in [1.54, 1.807) is 12.1 Å². The summed E-state index contributed by atoms with van der Waals surface area (Å²) in [7, 11) is 0. The van der Waals surface area contributed by atoms with Crippen molar-refractivity contribution < 1.29 is 14.4 Å². The first-order valence-electron chi connectivity index (χ1n) is 10.6. The first kappa shape index (κ1) is 21.4. The molecule has 0 spiro atoms. The van der Waals surface area contributed by atoms with Gasteiger partial charge in [0.05, 0.1) is 23.3 Å². The molecule has 4 rings (SSSR count). The second-order valence-electron chi connectivity index (χ2n) is 8.28. The van der Waals surface area contributed by atoms with E-state index in [1.165, 1.54) is 22.2 Å². The molecule has 2 atom stereocenters. The zero-order valence-corrected chi connectivity index (χ0v) is 18.5. The van der Waals surface area contributed by atoms with Gasteiger partial charge in [-0.3, -0.25) is 19.3 Å². The smallest absolute Gasteiger partial charge is 0.238 e. The van der Waals surface area contributed by atoms with Gasteiger partial charge >= 0.3 is 0 Å². The van der Waals surface area contributed by atoms with Crippen molar-refractivity contribution in [2.24, 2.45) is 11.8 Å². The Bertz CT molecular complexity index is 986. The van der Waals surface area contributed by atoms with Gasteiger partial charge in [0.25, 0.3) is 0 Å². The van der Waals surface area contributed by atoms with Gasteiger partial charge in [-0.25, -0.2) is 0 Å². The molecule has 1 saturated heterocycles. The Morgan fingerprint density at radius 1 is 0.968 bits per heavy atom. The highest BCUT2D eigenvalue weighted by Gasteiger charge is 2.47. The van der Waals surface area contributed by atoms with Crippen LogP contribution < -0.4 is 10.2 Å². The molecule has 1 aliphatic carbocycles. The van der Waals surface area contributed by atoms with Gasteiger partial charge in [-0.1, -0.05) is 38.1 Å². The van der Waals surface area contributed by atoms with Gasteiger partial charge in [0, 0.05) is 10.6 Å². The maximum atomic E-state index is 12.7. The maximum absolute atomic E-state index is 12.7. The van der Waals surface area contributed by atoms with E-state index in [-0.39, 0.29) is 35.3 Å². The number of hydrogen-bond acceptors (Lipinski definition) is 4. The van der Waals surface area contributed by atoms with Crippen LogP contribution in [0.25, 0.3) is 0 Å². The molecule has 160 valence electrons. The first-order chi connectivity index (χ1) is 14.9. The van der Waals surface area contributed by atoms with E-state index in [0.717, 1.165) is 10.6 Å². The van der Waals surface area contributed by atoms with Gasteiger partial charge in [-0.2, -0.15) is 0 Å². The zero-order valence-electron chi connectivity index (χ0n) is 17.7. The minimum Gasteiger partial charge on any atom is -0.325 e. The van der Waals surface area contributed by atoms with Crippen LogP contribution in [0.3, 0.4) is 0 Å². The monoisotopic (exact) mass is 434 g/mol. The summed E-state index contributed by atoms with van der Waals surface area (Å²) in [6.07, 6.45) is 5.24. The number of imide groups is 1. The molecule has 0 unspecified atom stereocenters. The fourth-order valence-corrected chi connectivity index (χ4v) is 4.74. The summed E-state index contributed by atoms with van der Waals surface area (Å²) in [5, 5.41) is 2.91. The van der Waals surface area contributed by atoms with Crippen molar-refractivity contribution in [3.05, 3.63) is 66.2 Å². The van der Waals surface area contributed by atoms with E-state index < -0.39 is 0 Å². The molecule has 2 aromatic rings. The standard InChI is InChI=1S/C25H26N2O3S/c1-16(2)17-7-9-18(10-8-17)26-23(28)15-31-20-13-11-19(12-14-20)27-24(29)21-5-3-4-6-22(21)25(27)30/h3-4,7-14,16,21-22H,5-6,15H2,1-2H3,(H,26,28)/t21-,22-/m1/s1. The molecule has 6 heteroatoms. The summed E-state index contributed by atoms with van der Waals surface area (Å²) < 4.78 is 0. The van der Waals surface area contributed by atoms with E-state index in [0.29, 0.717) is 24.4 Å². The number of benzene rings is 2. The number of nitrogens with zero attached hydrogens (tertiary/aromatic N) is 1. The number of thioether (sulfide) groups is 1. The summed E-state index contributed by atoms with van der Waals surface area (Å²) in [5.41, 5.74) is 2.62. The second kappa shape index (κ2) is 9.10. The number of carbonyl (C=O) groups is 3. The van der Waals surface area contributed by atoms with E-state index in [9.17, 15) is 14.4 Å². The van der Waals surface area contributed by atoms with Crippen molar-refractivity contribution in [2.75, 3.05) is 16.0 Å². The van der Waals surface area contributed by atoms with Crippen LogP contribution in [0.5, 0.6) is 0 Å². The summed E-state index contributed by atoms with van der Waals surface area (Å²) in [4.78, 5) is 39.9. The Morgan fingerprint density at radius 2 is 1.55 bits per heavy atom. The van der Waals surface area contributed by atoms with Crippen LogP contribution in [0.4, 0.5) is 11.4 Å². The predicted octanol–water partition coefficient (Wildman–Crippen LogP) is 5.00. The van der Waals surface area contributed by atoms with E-state index in [2.05, 4.69) is 19.2 Å². The van der Waals surface area contributed by atoms with Gasteiger partial charge in [0.2, 0.25) is 17.7 Å². The normalized spacial score (nSPS) is 20.3. The molecular weight excluding hydrogens is 408 g/mol. The molecule has 0 aromatic heterocycles. The molecule has 1 heterocycles. The Hall–Kier alpha value is -2.86. The lowest BCUT2D eigenvalue weighted by Crippen LogP contribution is -2.30. The number of anilines is 2. The number of nitrogens with one attached hydrogen (secondary N) is 1. The quantitative estimate of drug-likeness (QED) is 0.395. The molecule has 2 aliphatic rings. The topological polar surface area (TPSA) is 66.5 Å². The van der Waals surface area contributed by atoms with Gasteiger partial charge in [0.1, 0.15) is 0 Å². The van der Waals surface area contributed by atoms with Crippen LogP contribution in [0.15, 0.2) is 65.6 Å². The van der Waals surface area contributed by atoms with E-state index in [1.807, 2.05) is 48.6 Å². The lowest BCUT2D eigenvalue weighted by atomic mass is 9.85. The third kappa shape index (κ3) is 4.59. The van der Waals surface area contributed by atoms with Crippen molar-refractivity contribution in [2.45, 2.75) is 37.5 Å². The highest BCUT2D eigenvalue weighted by atomic mass is 32.2. The minimum absolute atomic E-state index is 0.0761. The van der Waals surface area contributed by atoms with Crippen molar-refractivity contribution in [3.8, 4) is 0 Å². The third-order valence-electron chi connectivity index (χ3n) is 5.83. The summed E-state index contributed by atoms with van der Waals surface area (Å²) in [6.45, 7) is 4.27. The van der Waals surface area contributed by atoms with Crippen LogP contribution in [0.1, 0.15) is 38.2 Å². The fraction of sp³-hybridized carbons (Fsp3) is 0.320. The molecular formula is C25H26N2O3S. The zero-order chi connectivity index (χ0) is 22.0. The molecule has 3 amide bonds. The number of hydrogen-bond donors (Lipinski definition) is 1. The molecule has 0 bridgehead atoms. The Kier molecular flexibility index (Phi) is 6.28. The van der Waals surface area contributed by atoms with Crippen LogP contribution in [-0.2, 0) is 14.4 Å². The molecule has 0 radical (unpaired) electrons. The molecule has 1 fully saturated rings. The summed E-state index contributed by atoms with van der Waals surface area (Å²) >= 11 is 1.42. The molecule has 1 N–H and O–H groups in total. The van der Waals surface area contributed by atoms with Crippen LogP contribution in [-0.4, -0.2) is 23.5 Å². The Labute approximate surface area is 186 Å². The summed E-state index contributed by atoms with van der Waals surface area (Å²) in [5.74, 6) is -0.0224. The molecule has 31 heavy (non-hydrogen) atoms. The van der Waals surface area contributed by atoms with E-state index in [4.69, 9.17) is 0 Å². The van der Waals surface area contributed by atoms with Crippen LogP contribution in [0.2, 0.25) is 0 Å². The number of amides is 3. The summed E-state index contributed by atoms with van der Waals surface area (Å²) in [6, 6.07) is 15.2. The molecule has 5 nitrogen and oxygen atoms in total. The van der Waals surface area contributed by atoms with Crippen molar-refractivity contribution in [1.82, 2.24) is 0 Å². The number of carbonyl (C=O) groups excluding carboxylic acids is 3. The molecule has 0 saturated carbocycles. The maximum Gasteiger partial charge on any atom is 0.238 e. The van der Waals surface area contributed by atoms with Crippen LogP contribution in [0, 0.1) is 11.8 Å². The van der Waals surface area contributed by atoms with Gasteiger partial charge in [-0.15, -0.1) is 11.8 Å². The lowest BCUT2D eigenvalue weighted by molar-refractivity contribution is -0.122. The molecule has 2 aromatic carbocycles. The highest BCUT2D eigenvalue weighted by molar-refractivity contribution is 8.00. The molecule has 1 aliphatic heterocycles. The average molecular weight is 435 g/mol. The van der Waals surface area contributed by atoms with Crippen LogP contribution >= 0.6 is 11.8 Å². The van der Waals surface area contributed by atoms with Crippen molar-refractivity contribution >= 4 is 40.9 Å². The van der Waals surface area contributed by atoms with Crippen molar-refractivity contribution in [3.63, 3.8) is 0 Å². The van der Waals surface area contributed by atoms with Gasteiger partial charge in [-0.05, 0) is 60.7 Å². The first-order valence-corrected chi connectivity index (χ1v) is 11.6. The largest absolute Gasteiger partial charge is 0.325 e.